The molecule has 0 aliphatic heterocycles. The molecule has 0 fully saturated rings. The van der Waals surface area contributed by atoms with E-state index in [1.165, 1.54) is 18.4 Å². The molecule has 2 aromatic rings. The maximum atomic E-state index is 11.2. The first-order valence-electron chi connectivity index (χ1n) is 7.07. The van der Waals surface area contributed by atoms with Crippen LogP contribution in [0.4, 0.5) is 11.4 Å². The van der Waals surface area contributed by atoms with Gasteiger partial charge >= 0.3 is 5.69 Å². The Hall–Kier alpha value is -2.44. The van der Waals surface area contributed by atoms with Gasteiger partial charge in [-0.3, -0.25) is 10.1 Å². The van der Waals surface area contributed by atoms with Gasteiger partial charge in [0.15, 0.2) is 0 Å². The average Bonchev–Trinajstić information content (AvgIpc) is 2.96. The minimum absolute atomic E-state index is 0.0774. The lowest BCUT2D eigenvalue weighted by Gasteiger charge is -2.13. The highest BCUT2D eigenvalue weighted by atomic mass is 16.6. The zero-order valence-corrected chi connectivity index (χ0v) is 11.5. The van der Waals surface area contributed by atoms with Crippen molar-refractivity contribution in [1.82, 2.24) is 10.3 Å². The van der Waals surface area contributed by atoms with Crippen LogP contribution in [-0.2, 0) is 0 Å². The van der Waals surface area contributed by atoms with Crippen molar-refractivity contribution in [2.75, 3.05) is 11.9 Å². The molecule has 110 valence electrons. The second kappa shape index (κ2) is 5.90. The minimum atomic E-state index is -0.450. The Morgan fingerprint density at radius 2 is 2.24 bits per heavy atom. The fourth-order valence-corrected chi connectivity index (χ4v) is 2.65. The number of hydrogen-bond acceptors (Lipinski definition) is 6. The monoisotopic (exact) mass is 288 g/mol. The summed E-state index contributed by atoms with van der Waals surface area (Å²) in [5.41, 5.74) is 2.38. The Kier molecular flexibility index (Phi) is 3.81. The number of anilines is 1. The molecular weight excluding hydrogens is 272 g/mol. The van der Waals surface area contributed by atoms with E-state index < -0.39 is 4.92 Å². The highest BCUT2D eigenvalue weighted by Gasteiger charge is 2.22. The SMILES string of the molecule is O=[N+]([O-])c1c(NCCC2=CCCCC2)ccc2nonc12. The first-order valence-corrected chi connectivity index (χ1v) is 7.07. The number of allylic oxidation sites excluding steroid dienone is 1. The largest absolute Gasteiger partial charge is 0.379 e. The number of nitro benzene ring substituents is 1. The number of benzene rings is 1. The molecule has 0 radical (unpaired) electrons. The zero-order valence-electron chi connectivity index (χ0n) is 11.5. The second-order valence-electron chi connectivity index (χ2n) is 5.14. The highest BCUT2D eigenvalue weighted by Crippen LogP contribution is 2.31. The highest BCUT2D eigenvalue weighted by molar-refractivity contribution is 5.90. The predicted octanol–water partition coefficient (Wildman–Crippen LogP) is 3.43. The predicted molar refractivity (Wildman–Crippen MR) is 78.1 cm³/mol. The van der Waals surface area contributed by atoms with Gasteiger partial charge in [0, 0.05) is 6.54 Å². The van der Waals surface area contributed by atoms with Crippen molar-refractivity contribution in [3.63, 3.8) is 0 Å². The number of rotatable bonds is 5. The molecule has 0 spiro atoms. The molecule has 1 aromatic carbocycles. The van der Waals surface area contributed by atoms with Crippen LogP contribution in [0.25, 0.3) is 11.0 Å². The summed E-state index contributed by atoms with van der Waals surface area (Å²) in [5, 5.41) is 21.6. The molecule has 1 N–H and O–H groups in total. The molecule has 3 rings (SSSR count). The van der Waals surface area contributed by atoms with E-state index in [4.69, 9.17) is 0 Å². The molecule has 0 saturated heterocycles. The second-order valence-corrected chi connectivity index (χ2v) is 5.14. The maximum Gasteiger partial charge on any atom is 0.323 e. The summed E-state index contributed by atoms with van der Waals surface area (Å²) in [5.74, 6) is 0. The molecule has 0 bridgehead atoms. The van der Waals surface area contributed by atoms with Gasteiger partial charge in [-0.15, -0.1) is 0 Å². The van der Waals surface area contributed by atoms with E-state index in [1.807, 2.05) is 0 Å². The summed E-state index contributed by atoms with van der Waals surface area (Å²) in [6.07, 6.45) is 7.97. The van der Waals surface area contributed by atoms with E-state index >= 15 is 0 Å². The fourth-order valence-electron chi connectivity index (χ4n) is 2.65. The van der Waals surface area contributed by atoms with E-state index in [9.17, 15) is 10.1 Å². The first-order chi connectivity index (χ1) is 10.3. The molecular formula is C14H16N4O3. The number of nitrogens with one attached hydrogen (secondary N) is 1. The number of hydrogen-bond donors (Lipinski definition) is 1. The Labute approximate surface area is 121 Å². The van der Waals surface area contributed by atoms with Crippen molar-refractivity contribution in [1.29, 1.82) is 0 Å². The lowest BCUT2D eigenvalue weighted by Crippen LogP contribution is -2.06. The van der Waals surface area contributed by atoms with Crippen LogP contribution >= 0.6 is 0 Å². The third kappa shape index (κ3) is 2.86. The van der Waals surface area contributed by atoms with Crippen molar-refractivity contribution < 1.29 is 9.55 Å². The number of fused-ring (bicyclic) bond motifs is 1. The summed E-state index contributed by atoms with van der Waals surface area (Å²) in [7, 11) is 0. The number of nitrogens with zero attached hydrogens (tertiary/aromatic N) is 3. The van der Waals surface area contributed by atoms with E-state index in [1.54, 1.807) is 12.1 Å². The molecule has 0 unspecified atom stereocenters. The average molecular weight is 288 g/mol. The van der Waals surface area contributed by atoms with Gasteiger partial charge in [-0.25, -0.2) is 4.63 Å². The Morgan fingerprint density at radius 3 is 3.00 bits per heavy atom. The molecule has 7 heteroatoms. The van der Waals surface area contributed by atoms with Gasteiger partial charge in [0.05, 0.1) is 4.92 Å². The Bertz CT molecular complexity index is 693. The van der Waals surface area contributed by atoms with E-state index in [0.717, 1.165) is 19.3 Å². The maximum absolute atomic E-state index is 11.2. The van der Waals surface area contributed by atoms with Gasteiger partial charge in [-0.2, -0.15) is 0 Å². The quantitative estimate of drug-likeness (QED) is 0.514. The molecule has 7 nitrogen and oxygen atoms in total. The number of nitro groups is 1. The molecule has 21 heavy (non-hydrogen) atoms. The van der Waals surface area contributed by atoms with Crippen LogP contribution in [-0.4, -0.2) is 21.8 Å². The van der Waals surface area contributed by atoms with E-state index in [-0.39, 0.29) is 11.2 Å². The van der Waals surface area contributed by atoms with Gasteiger partial charge < -0.3 is 5.32 Å². The molecule has 0 atom stereocenters. The Morgan fingerprint density at radius 1 is 1.33 bits per heavy atom. The third-order valence-electron chi connectivity index (χ3n) is 3.73. The van der Waals surface area contributed by atoms with Gasteiger partial charge in [0.1, 0.15) is 11.2 Å². The molecule has 1 aliphatic carbocycles. The van der Waals surface area contributed by atoms with Gasteiger partial charge in [-0.1, -0.05) is 11.6 Å². The van der Waals surface area contributed by atoms with Crippen LogP contribution in [0.5, 0.6) is 0 Å². The van der Waals surface area contributed by atoms with Crippen molar-refractivity contribution in [3.05, 3.63) is 33.9 Å². The summed E-state index contributed by atoms with van der Waals surface area (Å²) < 4.78 is 4.57. The third-order valence-corrected chi connectivity index (χ3v) is 3.73. The molecule has 1 heterocycles. The van der Waals surface area contributed by atoms with Crippen molar-refractivity contribution in [2.24, 2.45) is 0 Å². The van der Waals surface area contributed by atoms with Crippen LogP contribution in [0.3, 0.4) is 0 Å². The standard InChI is InChI=1S/C14H16N4O3/c19-18(20)14-12(7-6-11-13(14)17-21-16-11)15-9-8-10-4-2-1-3-5-10/h4,6-7,15H,1-3,5,8-9H2. The molecule has 1 aliphatic rings. The van der Waals surface area contributed by atoms with Gasteiger partial charge in [0.2, 0.25) is 5.52 Å². The van der Waals surface area contributed by atoms with Crippen LogP contribution in [0.1, 0.15) is 32.1 Å². The smallest absolute Gasteiger partial charge is 0.323 e. The van der Waals surface area contributed by atoms with Crippen molar-refractivity contribution in [2.45, 2.75) is 32.1 Å². The summed E-state index contributed by atoms with van der Waals surface area (Å²) >= 11 is 0. The van der Waals surface area contributed by atoms with Crippen molar-refractivity contribution in [3.8, 4) is 0 Å². The van der Waals surface area contributed by atoms with E-state index in [2.05, 4.69) is 26.3 Å². The van der Waals surface area contributed by atoms with Gasteiger partial charge in [-0.05, 0) is 54.6 Å². The fraction of sp³-hybridized carbons (Fsp3) is 0.429. The molecule has 1 aromatic heterocycles. The molecule has 0 amide bonds. The minimum Gasteiger partial charge on any atom is -0.379 e. The summed E-state index contributed by atoms with van der Waals surface area (Å²) in [6, 6.07) is 3.32. The lowest BCUT2D eigenvalue weighted by molar-refractivity contribution is -0.382. The topological polar surface area (TPSA) is 94.1 Å². The normalized spacial score (nSPS) is 15.0. The van der Waals surface area contributed by atoms with Crippen LogP contribution in [0.2, 0.25) is 0 Å². The van der Waals surface area contributed by atoms with Crippen LogP contribution in [0.15, 0.2) is 28.4 Å². The van der Waals surface area contributed by atoms with Crippen molar-refractivity contribution >= 4 is 22.4 Å². The summed E-state index contributed by atoms with van der Waals surface area (Å²) in [4.78, 5) is 10.8. The zero-order chi connectivity index (χ0) is 14.7. The summed E-state index contributed by atoms with van der Waals surface area (Å²) in [6.45, 7) is 0.670. The van der Waals surface area contributed by atoms with Crippen LogP contribution < -0.4 is 5.32 Å². The number of aromatic nitrogens is 2. The lowest BCUT2D eigenvalue weighted by atomic mass is 9.97. The van der Waals surface area contributed by atoms with E-state index in [0.29, 0.717) is 17.7 Å². The van der Waals surface area contributed by atoms with Gasteiger partial charge in [0.25, 0.3) is 0 Å². The van der Waals surface area contributed by atoms with Crippen LogP contribution in [0, 0.1) is 10.1 Å². The Balaban J connectivity index is 1.75. The first kappa shape index (κ1) is 13.5. The molecule has 0 saturated carbocycles.